The second-order valence-corrected chi connectivity index (χ2v) is 6.75. The minimum Gasteiger partial charge on any atom is -0.477 e. The molecule has 0 aliphatic carbocycles. The van der Waals surface area contributed by atoms with E-state index in [1.165, 1.54) is 25.1 Å². The summed E-state index contributed by atoms with van der Waals surface area (Å²) in [5.74, 6) is -4.58. The molecule has 0 saturated carbocycles. The zero-order valence-corrected chi connectivity index (χ0v) is 15.7. The number of nitro benzene ring substituents is 1. The maximum absolute atomic E-state index is 14.7. The van der Waals surface area contributed by atoms with E-state index in [9.17, 15) is 32.5 Å². The van der Waals surface area contributed by atoms with Crippen LogP contribution in [0.5, 0.6) is 5.75 Å². The van der Waals surface area contributed by atoms with E-state index in [0.717, 1.165) is 11.0 Å². The number of nitro groups is 1. The van der Waals surface area contributed by atoms with Gasteiger partial charge in [0, 0.05) is 5.56 Å². The first-order chi connectivity index (χ1) is 13.1. The lowest BCUT2D eigenvalue weighted by molar-refractivity contribution is -0.388. The molecule has 1 aliphatic rings. The van der Waals surface area contributed by atoms with Crippen molar-refractivity contribution < 1.29 is 32.0 Å². The minimum absolute atomic E-state index is 0.237. The van der Waals surface area contributed by atoms with Crippen molar-refractivity contribution in [2.75, 3.05) is 4.90 Å². The number of alkyl halides is 2. The predicted molar refractivity (Wildman–Crippen MR) is 93.4 cm³/mol. The van der Waals surface area contributed by atoms with Gasteiger partial charge >= 0.3 is 5.69 Å². The number of fused-ring (bicyclic) bond motifs is 1. The Bertz CT molecular complexity index is 986. The Labute approximate surface area is 164 Å². The van der Waals surface area contributed by atoms with E-state index in [-0.39, 0.29) is 17.7 Å². The number of carbonyl (C=O) groups is 1. The van der Waals surface area contributed by atoms with Crippen molar-refractivity contribution in [3.05, 3.63) is 61.6 Å². The van der Waals surface area contributed by atoms with Crippen molar-refractivity contribution in [1.29, 1.82) is 0 Å². The molecule has 148 valence electrons. The Hall–Kier alpha value is -2.69. The van der Waals surface area contributed by atoms with Gasteiger partial charge in [-0.1, -0.05) is 18.2 Å². The van der Waals surface area contributed by atoms with Crippen molar-refractivity contribution in [2.45, 2.75) is 26.0 Å². The second-order valence-electron chi connectivity index (χ2n) is 5.96. The monoisotopic (exact) mass is 462 g/mol. The summed E-state index contributed by atoms with van der Waals surface area (Å²) in [4.78, 5) is 23.3. The molecule has 0 bridgehead atoms. The van der Waals surface area contributed by atoms with Crippen molar-refractivity contribution in [3.8, 4) is 5.75 Å². The summed E-state index contributed by atoms with van der Waals surface area (Å²) in [6.45, 7) is 0.966. The molecule has 6 nitrogen and oxygen atoms in total. The van der Waals surface area contributed by atoms with Gasteiger partial charge in [0.1, 0.15) is 10.2 Å². The number of anilines is 1. The molecule has 3 rings (SSSR count). The lowest BCUT2D eigenvalue weighted by Crippen LogP contribution is -2.44. The first-order valence-corrected chi connectivity index (χ1v) is 8.62. The second kappa shape index (κ2) is 7.38. The standard InChI is InChI=1S/C17H11BrF4N2O4/c1-7-17(25)23(6-8-3-2-4-9(5-8)16(21)22)14-12(20)11(19)13(24(26)27)10(18)15(14)28-7/h2-5,7,16H,6H2,1H3/t7-/m1/s1. The average Bonchev–Trinajstić information content (AvgIpc) is 2.63. The van der Waals surface area contributed by atoms with E-state index in [1.54, 1.807) is 0 Å². The van der Waals surface area contributed by atoms with E-state index >= 15 is 0 Å². The summed E-state index contributed by atoms with van der Waals surface area (Å²) in [7, 11) is 0. The van der Waals surface area contributed by atoms with Crippen LogP contribution in [0.15, 0.2) is 28.7 Å². The molecule has 1 amide bonds. The molecule has 2 aromatic rings. The molecule has 11 heteroatoms. The van der Waals surface area contributed by atoms with Gasteiger partial charge in [0.2, 0.25) is 5.82 Å². The van der Waals surface area contributed by atoms with Crippen molar-refractivity contribution in [2.24, 2.45) is 0 Å². The van der Waals surface area contributed by atoms with Crippen LogP contribution in [0, 0.1) is 21.7 Å². The van der Waals surface area contributed by atoms with Crippen LogP contribution in [0.1, 0.15) is 24.5 Å². The van der Waals surface area contributed by atoms with E-state index in [4.69, 9.17) is 4.74 Å². The van der Waals surface area contributed by atoms with Crippen LogP contribution in [0.4, 0.5) is 28.9 Å². The van der Waals surface area contributed by atoms with Gasteiger partial charge < -0.3 is 4.74 Å². The number of halogens is 5. The highest BCUT2D eigenvalue weighted by atomic mass is 79.9. The molecule has 0 spiro atoms. The topological polar surface area (TPSA) is 72.7 Å². The molecule has 0 unspecified atom stereocenters. The number of nitrogens with zero attached hydrogens (tertiary/aromatic N) is 2. The van der Waals surface area contributed by atoms with E-state index in [0.29, 0.717) is 0 Å². The van der Waals surface area contributed by atoms with Crippen LogP contribution in [-0.2, 0) is 11.3 Å². The summed E-state index contributed by atoms with van der Waals surface area (Å²) in [5, 5.41) is 11.1. The molecular formula is C17H11BrF4N2O4. The molecule has 0 N–H and O–H groups in total. The highest BCUT2D eigenvalue weighted by Gasteiger charge is 2.41. The minimum atomic E-state index is -2.75. The summed E-state index contributed by atoms with van der Waals surface area (Å²) < 4.78 is 59.5. The molecule has 1 atom stereocenters. The third-order valence-electron chi connectivity index (χ3n) is 4.14. The van der Waals surface area contributed by atoms with Gasteiger partial charge in [-0.2, -0.15) is 4.39 Å². The van der Waals surface area contributed by atoms with Gasteiger partial charge in [-0.15, -0.1) is 0 Å². The van der Waals surface area contributed by atoms with Gasteiger partial charge in [0.05, 0.1) is 11.5 Å². The summed E-state index contributed by atoms with van der Waals surface area (Å²) in [6.07, 6.45) is -3.91. The van der Waals surface area contributed by atoms with E-state index in [1.807, 2.05) is 0 Å². The molecule has 1 aliphatic heterocycles. The summed E-state index contributed by atoms with van der Waals surface area (Å²) in [5.41, 5.74) is -1.87. The smallest absolute Gasteiger partial charge is 0.325 e. The number of carbonyl (C=O) groups excluding carboxylic acids is 1. The van der Waals surface area contributed by atoms with E-state index in [2.05, 4.69) is 15.9 Å². The molecule has 0 aromatic heterocycles. The fourth-order valence-electron chi connectivity index (χ4n) is 2.85. The SMILES string of the molecule is C[C@H]1Oc2c(Br)c([N+](=O)[O-])c(F)c(F)c2N(Cc2cccc(C(F)F)c2)C1=O. The van der Waals surface area contributed by atoms with Crippen LogP contribution in [0.25, 0.3) is 0 Å². The first kappa shape index (κ1) is 20.1. The Morgan fingerprint density at radius 1 is 1.32 bits per heavy atom. The third-order valence-corrected chi connectivity index (χ3v) is 4.87. The van der Waals surface area contributed by atoms with Crippen LogP contribution >= 0.6 is 15.9 Å². The van der Waals surface area contributed by atoms with Crippen LogP contribution in [-0.4, -0.2) is 16.9 Å². The van der Waals surface area contributed by atoms with Gasteiger partial charge in [-0.3, -0.25) is 19.8 Å². The molecular weight excluding hydrogens is 452 g/mol. The van der Waals surface area contributed by atoms with Gasteiger partial charge in [-0.25, -0.2) is 13.2 Å². The first-order valence-electron chi connectivity index (χ1n) is 7.83. The number of rotatable bonds is 4. The van der Waals surface area contributed by atoms with Gasteiger partial charge in [-0.05, 0) is 34.5 Å². The zero-order chi connectivity index (χ0) is 20.7. The number of hydrogen-bond donors (Lipinski definition) is 0. The van der Waals surface area contributed by atoms with Crippen LogP contribution in [0.3, 0.4) is 0 Å². The Morgan fingerprint density at radius 3 is 2.61 bits per heavy atom. The Kier molecular flexibility index (Phi) is 5.28. The molecule has 28 heavy (non-hydrogen) atoms. The lowest BCUT2D eigenvalue weighted by Gasteiger charge is -2.33. The molecule has 0 fully saturated rings. The summed E-state index contributed by atoms with van der Waals surface area (Å²) >= 11 is 2.83. The van der Waals surface area contributed by atoms with E-state index < -0.39 is 56.6 Å². The van der Waals surface area contributed by atoms with Crippen molar-refractivity contribution in [3.63, 3.8) is 0 Å². The number of ether oxygens (including phenoxy) is 1. The lowest BCUT2D eigenvalue weighted by atomic mass is 10.1. The molecule has 2 aromatic carbocycles. The Morgan fingerprint density at radius 2 is 2.00 bits per heavy atom. The van der Waals surface area contributed by atoms with Crippen molar-refractivity contribution >= 4 is 33.2 Å². The fourth-order valence-corrected chi connectivity index (χ4v) is 3.45. The zero-order valence-electron chi connectivity index (χ0n) is 14.1. The molecule has 0 saturated heterocycles. The highest BCUT2D eigenvalue weighted by molar-refractivity contribution is 9.10. The largest absolute Gasteiger partial charge is 0.477 e. The highest BCUT2D eigenvalue weighted by Crippen LogP contribution is 2.48. The maximum atomic E-state index is 14.7. The van der Waals surface area contributed by atoms with Crippen LogP contribution < -0.4 is 9.64 Å². The third kappa shape index (κ3) is 3.30. The number of hydrogen-bond acceptors (Lipinski definition) is 4. The van der Waals surface area contributed by atoms with Gasteiger partial charge in [0.15, 0.2) is 17.7 Å². The predicted octanol–water partition coefficient (Wildman–Crippen LogP) is 4.89. The molecule has 0 radical (unpaired) electrons. The Balaban J connectivity index is 2.15. The number of benzene rings is 2. The van der Waals surface area contributed by atoms with Crippen LogP contribution in [0.2, 0.25) is 0 Å². The van der Waals surface area contributed by atoms with Crippen molar-refractivity contribution in [1.82, 2.24) is 0 Å². The normalized spacial score (nSPS) is 16.2. The fraction of sp³-hybridized carbons (Fsp3) is 0.235. The quantitative estimate of drug-likeness (QED) is 0.280. The number of amides is 1. The maximum Gasteiger partial charge on any atom is 0.325 e. The summed E-state index contributed by atoms with van der Waals surface area (Å²) in [6, 6.07) is 5.10. The molecule has 1 heterocycles. The van der Waals surface area contributed by atoms with Gasteiger partial charge in [0.25, 0.3) is 12.3 Å². The average molecular weight is 463 g/mol.